The summed E-state index contributed by atoms with van der Waals surface area (Å²) in [5, 5.41) is 8.73. The van der Waals surface area contributed by atoms with Gasteiger partial charge in [-0.05, 0) is 55.0 Å². The molecule has 0 saturated carbocycles. The summed E-state index contributed by atoms with van der Waals surface area (Å²) in [6, 6.07) is 16.2. The third-order valence-corrected chi connectivity index (χ3v) is 2.89. The lowest BCUT2D eigenvalue weighted by molar-refractivity contribution is 0.104. The van der Waals surface area contributed by atoms with Gasteiger partial charge in [-0.15, -0.1) is 0 Å². The lowest BCUT2D eigenvalue weighted by atomic mass is 10.1. The number of carbonyl (C=O) groups excluding carboxylic acids is 1. The zero-order chi connectivity index (χ0) is 15.1. The molecule has 0 atom stereocenters. The molecule has 2 rings (SSSR count). The Morgan fingerprint density at radius 2 is 2.00 bits per heavy atom. The fourth-order valence-corrected chi connectivity index (χ4v) is 1.85. The molecule has 0 bridgehead atoms. The van der Waals surface area contributed by atoms with Crippen LogP contribution < -0.4 is 4.74 Å². The zero-order valence-electron chi connectivity index (χ0n) is 11.7. The van der Waals surface area contributed by atoms with Gasteiger partial charge in [0.1, 0.15) is 5.75 Å². The molecule has 0 amide bonds. The Bertz CT molecular complexity index is 694. The lowest BCUT2D eigenvalue weighted by Crippen LogP contribution is -1.94. The first-order valence-electron chi connectivity index (χ1n) is 6.68. The Morgan fingerprint density at radius 1 is 1.24 bits per heavy atom. The maximum Gasteiger partial charge on any atom is 0.185 e. The molecule has 2 aromatic carbocycles. The number of allylic oxidation sites excluding steroid dienone is 1. The standard InChI is InChI=1S/C18H15NO2/c1-2-21-17-5-3-4-14(12-17)8-11-18(20)16-9-6-15(13-19)7-10-16/h3-12H,2H2,1H3. The van der Waals surface area contributed by atoms with Crippen molar-refractivity contribution in [1.29, 1.82) is 5.26 Å². The summed E-state index contributed by atoms with van der Waals surface area (Å²) in [7, 11) is 0. The number of hydrogen-bond donors (Lipinski definition) is 0. The Balaban J connectivity index is 2.11. The summed E-state index contributed by atoms with van der Waals surface area (Å²) in [6.45, 7) is 2.54. The molecule has 0 saturated heterocycles. The van der Waals surface area contributed by atoms with E-state index in [4.69, 9.17) is 10.00 Å². The number of ether oxygens (including phenoxy) is 1. The highest BCUT2D eigenvalue weighted by Crippen LogP contribution is 2.15. The lowest BCUT2D eigenvalue weighted by Gasteiger charge is -2.03. The Labute approximate surface area is 124 Å². The van der Waals surface area contributed by atoms with Gasteiger partial charge in [0.05, 0.1) is 18.2 Å². The highest BCUT2D eigenvalue weighted by Gasteiger charge is 2.01. The van der Waals surface area contributed by atoms with E-state index in [0.29, 0.717) is 17.7 Å². The van der Waals surface area contributed by atoms with Gasteiger partial charge in [-0.2, -0.15) is 5.26 Å². The minimum absolute atomic E-state index is 0.0960. The molecule has 3 nitrogen and oxygen atoms in total. The van der Waals surface area contributed by atoms with Crippen LogP contribution in [0, 0.1) is 11.3 Å². The molecule has 0 aliphatic heterocycles. The number of carbonyl (C=O) groups is 1. The normalized spacial score (nSPS) is 10.3. The number of benzene rings is 2. The minimum Gasteiger partial charge on any atom is -0.494 e. The van der Waals surface area contributed by atoms with E-state index in [-0.39, 0.29) is 5.78 Å². The van der Waals surface area contributed by atoms with Gasteiger partial charge in [0.15, 0.2) is 5.78 Å². The van der Waals surface area contributed by atoms with Crippen LogP contribution in [0.1, 0.15) is 28.4 Å². The van der Waals surface area contributed by atoms with Gasteiger partial charge >= 0.3 is 0 Å². The van der Waals surface area contributed by atoms with Gasteiger partial charge in [-0.3, -0.25) is 4.79 Å². The Hall–Kier alpha value is -2.86. The number of nitrogens with zero attached hydrogens (tertiary/aromatic N) is 1. The summed E-state index contributed by atoms with van der Waals surface area (Å²) in [5.74, 6) is 0.687. The van der Waals surface area contributed by atoms with E-state index in [0.717, 1.165) is 11.3 Å². The molecule has 0 N–H and O–H groups in total. The van der Waals surface area contributed by atoms with E-state index < -0.39 is 0 Å². The molecule has 21 heavy (non-hydrogen) atoms. The van der Waals surface area contributed by atoms with Crippen molar-refractivity contribution in [3.63, 3.8) is 0 Å². The number of ketones is 1. The smallest absolute Gasteiger partial charge is 0.185 e. The molecule has 0 spiro atoms. The van der Waals surface area contributed by atoms with Crippen LogP contribution in [0.25, 0.3) is 6.08 Å². The predicted molar refractivity (Wildman–Crippen MR) is 82.1 cm³/mol. The molecular weight excluding hydrogens is 262 g/mol. The second-order valence-electron chi connectivity index (χ2n) is 4.39. The van der Waals surface area contributed by atoms with Crippen molar-refractivity contribution in [2.45, 2.75) is 6.92 Å². The van der Waals surface area contributed by atoms with Crippen molar-refractivity contribution >= 4 is 11.9 Å². The van der Waals surface area contributed by atoms with Crippen LogP contribution >= 0.6 is 0 Å². The quantitative estimate of drug-likeness (QED) is 0.616. The maximum absolute atomic E-state index is 12.0. The van der Waals surface area contributed by atoms with Crippen molar-refractivity contribution in [3.8, 4) is 11.8 Å². The van der Waals surface area contributed by atoms with Crippen molar-refractivity contribution in [2.75, 3.05) is 6.61 Å². The highest BCUT2D eigenvalue weighted by molar-refractivity contribution is 6.06. The molecule has 0 aliphatic rings. The first-order chi connectivity index (χ1) is 10.2. The Kier molecular flexibility index (Phi) is 4.89. The Morgan fingerprint density at radius 3 is 2.67 bits per heavy atom. The summed E-state index contributed by atoms with van der Waals surface area (Å²) in [6.07, 6.45) is 3.27. The minimum atomic E-state index is -0.0960. The maximum atomic E-state index is 12.0. The van der Waals surface area contributed by atoms with E-state index in [1.54, 1.807) is 30.3 Å². The van der Waals surface area contributed by atoms with E-state index in [9.17, 15) is 4.79 Å². The van der Waals surface area contributed by atoms with Crippen molar-refractivity contribution in [3.05, 3.63) is 71.3 Å². The van der Waals surface area contributed by atoms with Crippen molar-refractivity contribution in [1.82, 2.24) is 0 Å². The summed E-state index contributed by atoms with van der Waals surface area (Å²) >= 11 is 0. The monoisotopic (exact) mass is 277 g/mol. The molecule has 104 valence electrons. The second kappa shape index (κ2) is 7.06. The average Bonchev–Trinajstić information content (AvgIpc) is 2.53. The molecule has 0 heterocycles. The molecule has 0 fully saturated rings. The van der Waals surface area contributed by atoms with Gasteiger partial charge in [-0.1, -0.05) is 18.2 Å². The number of nitriles is 1. The van der Waals surface area contributed by atoms with Gasteiger partial charge in [-0.25, -0.2) is 0 Å². The van der Waals surface area contributed by atoms with Crippen molar-refractivity contribution < 1.29 is 9.53 Å². The fraction of sp³-hybridized carbons (Fsp3) is 0.111. The van der Waals surface area contributed by atoms with E-state index in [1.807, 2.05) is 37.3 Å². The summed E-state index contributed by atoms with van der Waals surface area (Å²) in [4.78, 5) is 12.0. The molecule has 3 heteroatoms. The van der Waals surface area contributed by atoms with Gasteiger partial charge in [0.2, 0.25) is 0 Å². The van der Waals surface area contributed by atoms with Crippen molar-refractivity contribution in [2.24, 2.45) is 0 Å². The van der Waals surface area contributed by atoms with Crippen LogP contribution in [0.5, 0.6) is 5.75 Å². The SMILES string of the molecule is CCOc1cccc(C=CC(=O)c2ccc(C#N)cc2)c1. The van der Waals surface area contributed by atoms with E-state index in [2.05, 4.69) is 0 Å². The third kappa shape index (κ3) is 4.05. The summed E-state index contributed by atoms with van der Waals surface area (Å²) < 4.78 is 5.41. The number of hydrogen-bond acceptors (Lipinski definition) is 3. The van der Waals surface area contributed by atoms with Gasteiger partial charge < -0.3 is 4.74 Å². The largest absolute Gasteiger partial charge is 0.494 e. The van der Waals surface area contributed by atoms with Crippen LogP contribution in [-0.2, 0) is 0 Å². The van der Waals surface area contributed by atoms with Gasteiger partial charge in [0, 0.05) is 5.56 Å². The second-order valence-corrected chi connectivity index (χ2v) is 4.39. The average molecular weight is 277 g/mol. The topological polar surface area (TPSA) is 50.1 Å². The highest BCUT2D eigenvalue weighted by atomic mass is 16.5. The third-order valence-electron chi connectivity index (χ3n) is 2.89. The molecule has 0 aromatic heterocycles. The van der Waals surface area contributed by atoms with E-state index >= 15 is 0 Å². The van der Waals surface area contributed by atoms with Crippen LogP contribution in [0.2, 0.25) is 0 Å². The zero-order valence-corrected chi connectivity index (χ0v) is 11.7. The van der Waals surface area contributed by atoms with Crippen LogP contribution in [0.15, 0.2) is 54.6 Å². The molecule has 2 aromatic rings. The first kappa shape index (κ1) is 14.5. The molecule has 0 unspecified atom stereocenters. The van der Waals surface area contributed by atoms with Crippen LogP contribution in [0.3, 0.4) is 0 Å². The van der Waals surface area contributed by atoms with Gasteiger partial charge in [0.25, 0.3) is 0 Å². The van der Waals surface area contributed by atoms with Crippen LogP contribution in [-0.4, -0.2) is 12.4 Å². The fourth-order valence-electron chi connectivity index (χ4n) is 1.85. The predicted octanol–water partition coefficient (Wildman–Crippen LogP) is 3.85. The first-order valence-corrected chi connectivity index (χ1v) is 6.68. The van der Waals surface area contributed by atoms with Crippen LogP contribution in [0.4, 0.5) is 0 Å². The molecule has 0 aliphatic carbocycles. The summed E-state index contributed by atoms with van der Waals surface area (Å²) in [5.41, 5.74) is 2.01. The molecule has 0 radical (unpaired) electrons. The molecular formula is C18H15NO2. The van der Waals surface area contributed by atoms with E-state index in [1.165, 1.54) is 6.08 Å². The number of rotatable bonds is 5.